The average Bonchev–Trinajstić information content (AvgIpc) is 1.90. The zero-order valence-electron chi connectivity index (χ0n) is 6.63. The molecule has 0 saturated heterocycles. The standard InChI is InChI=1S/C7H13NO2/c1-6-4-9-5-8-7(2,3)10-6/h5-6H,4H2,1-3H3. The van der Waals surface area contributed by atoms with Crippen LogP contribution in [0.3, 0.4) is 0 Å². The van der Waals surface area contributed by atoms with Crippen molar-refractivity contribution in [3.8, 4) is 0 Å². The number of nitrogens with zero attached hydrogens (tertiary/aromatic N) is 1. The lowest BCUT2D eigenvalue weighted by Crippen LogP contribution is -2.26. The summed E-state index contributed by atoms with van der Waals surface area (Å²) in [4.78, 5) is 4.04. The van der Waals surface area contributed by atoms with Gasteiger partial charge in [0.25, 0.3) is 0 Å². The third-order valence-electron chi connectivity index (χ3n) is 1.26. The van der Waals surface area contributed by atoms with E-state index in [1.807, 2.05) is 20.8 Å². The van der Waals surface area contributed by atoms with Crippen molar-refractivity contribution in [1.29, 1.82) is 0 Å². The first-order chi connectivity index (χ1) is 4.60. The van der Waals surface area contributed by atoms with Crippen molar-refractivity contribution in [2.45, 2.75) is 32.6 Å². The molecule has 0 N–H and O–H groups in total. The van der Waals surface area contributed by atoms with Gasteiger partial charge in [-0.05, 0) is 20.8 Å². The van der Waals surface area contributed by atoms with Crippen LogP contribution in [0.5, 0.6) is 0 Å². The van der Waals surface area contributed by atoms with Gasteiger partial charge >= 0.3 is 0 Å². The first-order valence-corrected chi connectivity index (χ1v) is 3.43. The van der Waals surface area contributed by atoms with Crippen molar-refractivity contribution in [2.75, 3.05) is 6.61 Å². The average molecular weight is 143 g/mol. The Hall–Kier alpha value is -0.570. The van der Waals surface area contributed by atoms with E-state index in [1.54, 1.807) is 0 Å². The Morgan fingerprint density at radius 1 is 1.60 bits per heavy atom. The third-order valence-corrected chi connectivity index (χ3v) is 1.26. The topological polar surface area (TPSA) is 30.8 Å². The molecule has 1 aliphatic heterocycles. The minimum atomic E-state index is -0.421. The van der Waals surface area contributed by atoms with Gasteiger partial charge in [0.15, 0.2) is 12.1 Å². The van der Waals surface area contributed by atoms with Crippen LogP contribution in [-0.4, -0.2) is 24.8 Å². The summed E-state index contributed by atoms with van der Waals surface area (Å²) in [6.07, 6.45) is 1.58. The smallest absolute Gasteiger partial charge is 0.172 e. The van der Waals surface area contributed by atoms with Gasteiger partial charge in [-0.3, -0.25) is 0 Å². The molecule has 0 saturated carbocycles. The van der Waals surface area contributed by atoms with E-state index in [9.17, 15) is 0 Å². The van der Waals surface area contributed by atoms with E-state index in [-0.39, 0.29) is 6.10 Å². The molecule has 10 heavy (non-hydrogen) atoms. The third kappa shape index (κ3) is 1.99. The van der Waals surface area contributed by atoms with E-state index in [0.29, 0.717) is 6.61 Å². The van der Waals surface area contributed by atoms with Gasteiger partial charge < -0.3 is 9.47 Å². The highest BCUT2D eigenvalue weighted by molar-refractivity contribution is 5.47. The largest absolute Gasteiger partial charge is 0.481 e. The van der Waals surface area contributed by atoms with Gasteiger partial charge in [-0.2, -0.15) is 0 Å². The maximum atomic E-state index is 5.48. The van der Waals surface area contributed by atoms with Crippen LogP contribution in [0.2, 0.25) is 0 Å². The Bertz CT molecular complexity index is 143. The van der Waals surface area contributed by atoms with E-state index in [4.69, 9.17) is 9.47 Å². The molecule has 0 radical (unpaired) electrons. The molecule has 1 rings (SSSR count). The van der Waals surface area contributed by atoms with E-state index in [0.717, 1.165) is 0 Å². The Morgan fingerprint density at radius 3 is 3.00 bits per heavy atom. The van der Waals surface area contributed by atoms with Crippen molar-refractivity contribution in [2.24, 2.45) is 4.99 Å². The SMILES string of the molecule is CC1COC=NC(C)(C)O1. The molecule has 0 fully saturated rings. The van der Waals surface area contributed by atoms with Crippen molar-refractivity contribution in [1.82, 2.24) is 0 Å². The zero-order valence-corrected chi connectivity index (χ0v) is 6.63. The predicted octanol–water partition coefficient (Wildman–Crippen LogP) is 1.19. The lowest BCUT2D eigenvalue weighted by molar-refractivity contribution is -0.0628. The molecule has 0 spiro atoms. The van der Waals surface area contributed by atoms with Crippen LogP contribution in [0.4, 0.5) is 0 Å². The zero-order chi connectivity index (χ0) is 7.61. The second-order valence-corrected chi connectivity index (χ2v) is 2.94. The molecule has 0 aromatic carbocycles. The van der Waals surface area contributed by atoms with Crippen LogP contribution in [0.1, 0.15) is 20.8 Å². The van der Waals surface area contributed by atoms with Gasteiger partial charge in [0.05, 0.1) is 6.10 Å². The van der Waals surface area contributed by atoms with Crippen molar-refractivity contribution >= 4 is 6.40 Å². The fourth-order valence-corrected chi connectivity index (χ4v) is 0.900. The normalized spacial score (nSPS) is 30.9. The molecule has 1 atom stereocenters. The highest BCUT2D eigenvalue weighted by Crippen LogP contribution is 2.15. The minimum absolute atomic E-state index is 0.123. The van der Waals surface area contributed by atoms with E-state index < -0.39 is 5.72 Å². The molecule has 3 heteroatoms. The molecule has 0 aromatic rings. The summed E-state index contributed by atoms with van der Waals surface area (Å²) >= 11 is 0. The summed E-state index contributed by atoms with van der Waals surface area (Å²) in [7, 11) is 0. The van der Waals surface area contributed by atoms with Gasteiger partial charge in [0.1, 0.15) is 6.61 Å². The summed E-state index contributed by atoms with van der Waals surface area (Å²) in [6.45, 7) is 6.38. The highest BCUT2D eigenvalue weighted by Gasteiger charge is 2.21. The molecule has 0 amide bonds. The van der Waals surface area contributed by atoms with Gasteiger partial charge in [0.2, 0.25) is 0 Å². The van der Waals surface area contributed by atoms with Crippen LogP contribution in [0.25, 0.3) is 0 Å². The molecule has 0 bridgehead atoms. The predicted molar refractivity (Wildman–Crippen MR) is 39.1 cm³/mol. The fraction of sp³-hybridized carbons (Fsp3) is 0.857. The second-order valence-electron chi connectivity index (χ2n) is 2.94. The maximum absolute atomic E-state index is 5.48. The van der Waals surface area contributed by atoms with Gasteiger partial charge in [0, 0.05) is 0 Å². The van der Waals surface area contributed by atoms with Crippen LogP contribution in [0.15, 0.2) is 4.99 Å². The van der Waals surface area contributed by atoms with Crippen molar-refractivity contribution < 1.29 is 9.47 Å². The maximum Gasteiger partial charge on any atom is 0.172 e. The molecule has 0 aliphatic carbocycles. The van der Waals surface area contributed by atoms with Gasteiger partial charge in [-0.1, -0.05) is 0 Å². The molecule has 58 valence electrons. The van der Waals surface area contributed by atoms with Crippen LogP contribution in [-0.2, 0) is 9.47 Å². The second kappa shape index (κ2) is 2.58. The van der Waals surface area contributed by atoms with Crippen molar-refractivity contribution in [3.63, 3.8) is 0 Å². The summed E-state index contributed by atoms with van der Waals surface area (Å²) < 4.78 is 10.5. The summed E-state index contributed by atoms with van der Waals surface area (Å²) in [5.41, 5.74) is -0.421. The molecule has 1 unspecified atom stereocenters. The first-order valence-electron chi connectivity index (χ1n) is 3.43. The lowest BCUT2D eigenvalue weighted by Gasteiger charge is -2.21. The highest BCUT2D eigenvalue weighted by atomic mass is 16.6. The van der Waals surface area contributed by atoms with E-state index >= 15 is 0 Å². The summed E-state index contributed by atoms with van der Waals surface area (Å²) in [5.74, 6) is 0. The number of aliphatic imine (C=N–C) groups is 1. The molecule has 3 nitrogen and oxygen atoms in total. The molecule has 0 aromatic heterocycles. The number of ether oxygens (including phenoxy) is 2. The molecule has 1 aliphatic rings. The summed E-state index contributed by atoms with van der Waals surface area (Å²) in [5, 5.41) is 0. The molecular formula is C7H13NO2. The Kier molecular flexibility index (Phi) is 1.94. The summed E-state index contributed by atoms with van der Waals surface area (Å²) in [6, 6.07) is 0. The monoisotopic (exact) mass is 143 g/mol. The Balaban J connectivity index is 2.59. The quantitative estimate of drug-likeness (QED) is 0.510. The number of hydrogen-bond acceptors (Lipinski definition) is 3. The first kappa shape index (κ1) is 7.54. The Labute approximate surface area is 61.0 Å². The van der Waals surface area contributed by atoms with E-state index in [2.05, 4.69) is 4.99 Å². The molecule has 1 heterocycles. The molecular weight excluding hydrogens is 130 g/mol. The minimum Gasteiger partial charge on any atom is -0.481 e. The van der Waals surface area contributed by atoms with Crippen LogP contribution >= 0.6 is 0 Å². The lowest BCUT2D eigenvalue weighted by atomic mass is 10.3. The number of rotatable bonds is 0. The van der Waals surface area contributed by atoms with E-state index in [1.165, 1.54) is 6.40 Å². The number of hydrogen-bond donors (Lipinski definition) is 0. The van der Waals surface area contributed by atoms with Crippen molar-refractivity contribution in [3.05, 3.63) is 0 Å². The van der Waals surface area contributed by atoms with Gasteiger partial charge in [-0.15, -0.1) is 0 Å². The van der Waals surface area contributed by atoms with Crippen LogP contribution < -0.4 is 0 Å². The van der Waals surface area contributed by atoms with Gasteiger partial charge in [-0.25, -0.2) is 4.99 Å². The van der Waals surface area contributed by atoms with Crippen LogP contribution in [0, 0.1) is 0 Å². The fourth-order valence-electron chi connectivity index (χ4n) is 0.900. The Morgan fingerprint density at radius 2 is 2.30 bits per heavy atom.